The summed E-state index contributed by atoms with van der Waals surface area (Å²) in [6.07, 6.45) is 1.17. The average molecular weight is 142 g/mol. The molecule has 0 atom stereocenters. The molecule has 1 aromatic rings. The third-order valence-electron chi connectivity index (χ3n) is 0.932. The van der Waals surface area contributed by atoms with Gasteiger partial charge in [0.05, 0.1) is 6.20 Å². The summed E-state index contributed by atoms with van der Waals surface area (Å²) in [6, 6.07) is 0. The molecule has 54 valence electrons. The van der Waals surface area contributed by atoms with E-state index < -0.39 is 5.91 Å². The van der Waals surface area contributed by atoms with Gasteiger partial charge in [-0.25, -0.2) is 4.98 Å². The predicted molar refractivity (Wildman–Crippen MR) is 30.9 cm³/mol. The zero-order valence-corrected chi connectivity index (χ0v) is 5.07. The lowest BCUT2D eigenvalue weighted by atomic mass is 10.5. The minimum atomic E-state index is -0.688. The molecule has 0 radical (unpaired) electrons. The van der Waals surface area contributed by atoms with E-state index in [4.69, 9.17) is 10.8 Å². The molecular weight excluding hydrogens is 136 g/mol. The van der Waals surface area contributed by atoms with Crippen molar-refractivity contribution >= 4 is 5.91 Å². The van der Waals surface area contributed by atoms with Gasteiger partial charge in [-0.05, 0) is 0 Å². The molecule has 0 spiro atoms. The molecule has 0 aliphatic rings. The molecule has 0 saturated carbocycles. The topological polar surface area (TPSA) is 89.4 Å². The fraction of sp³-hybridized carbons (Fsp3) is 0.200. The largest absolute Gasteiger partial charge is 0.433 e. The highest BCUT2D eigenvalue weighted by Crippen LogP contribution is 2.01. The van der Waals surface area contributed by atoms with Gasteiger partial charge in [0.15, 0.2) is 0 Å². The molecule has 1 heterocycles. The van der Waals surface area contributed by atoms with Crippen molar-refractivity contribution in [2.24, 2.45) is 5.73 Å². The maximum atomic E-state index is 10.3. The Balaban J connectivity index is 2.88. The second-order valence-corrected chi connectivity index (χ2v) is 1.64. The van der Waals surface area contributed by atoms with E-state index in [2.05, 4.69) is 9.40 Å². The smallest absolute Gasteiger partial charge is 0.286 e. The third-order valence-corrected chi connectivity index (χ3v) is 0.932. The first-order valence-corrected chi connectivity index (χ1v) is 2.59. The number of oxazole rings is 1. The molecule has 0 unspecified atom stereocenters. The van der Waals surface area contributed by atoms with E-state index in [1.54, 1.807) is 0 Å². The average Bonchev–Trinajstić information content (AvgIpc) is 2.34. The number of carbonyl (C=O) groups excluding carboxylic acids is 1. The Kier molecular flexibility index (Phi) is 1.68. The molecule has 1 aromatic heterocycles. The number of rotatable bonds is 2. The number of hydrogen-bond donors (Lipinski definition) is 2. The molecule has 1 amide bonds. The second-order valence-electron chi connectivity index (χ2n) is 1.64. The number of carbonyl (C=O) groups is 1. The zero-order valence-electron chi connectivity index (χ0n) is 5.07. The van der Waals surface area contributed by atoms with E-state index in [0.717, 1.165) is 0 Å². The van der Waals surface area contributed by atoms with E-state index in [1.165, 1.54) is 6.20 Å². The van der Waals surface area contributed by atoms with Crippen molar-refractivity contribution in [1.82, 2.24) is 4.98 Å². The monoisotopic (exact) mass is 142 g/mol. The number of nitrogens with two attached hydrogens (primary N) is 1. The molecule has 3 N–H and O–H groups in total. The summed E-state index contributed by atoms with van der Waals surface area (Å²) in [5.41, 5.74) is 4.83. The van der Waals surface area contributed by atoms with Crippen molar-refractivity contribution in [1.29, 1.82) is 0 Å². The van der Waals surface area contributed by atoms with Crippen LogP contribution in [0.4, 0.5) is 0 Å². The van der Waals surface area contributed by atoms with E-state index >= 15 is 0 Å². The highest BCUT2D eigenvalue weighted by molar-refractivity contribution is 5.89. The van der Waals surface area contributed by atoms with Gasteiger partial charge < -0.3 is 15.3 Å². The van der Waals surface area contributed by atoms with Gasteiger partial charge in [-0.15, -0.1) is 0 Å². The van der Waals surface area contributed by atoms with Crippen molar-refractivity contribution in [2.45, 2.75) is 6.61 Å². The lowest BCUT2D eigenvalue weighted by Gasteiger charge is -1.83. The summed E-state index contributed by atoms with van der Waals surface area (Å²) >= 11 is 0. The quantitative estimate of drug-likeness (QED) is 0.569. The molecule has 0 saturated heterocycles. The van der Waals surface area contributed by atoms with Crippen molar-refractivity contribution in [3.8, 4) is 0 Å². The number of aliphatic hydroxyl groups is 1. The maximum Gasteiger partial charge on any atom is 0.286 e. The molecule has 5 heteroatoms. The summed E-state index contributed by atoms with van der Waals surface area (Å²) in [4.78, 5) is 13.9. The van der Waals surface area contributed by atoms with Gasteiger partial charge in [0.1, 0.15) is 6.61 Å². The summed E-state index contributed by atoms with van der Waals surface area (Å²) in [5.74, 6) is -0.634. The predicted octanol–water partition coefficient (Wildman–Crippen LogP) is -0.734. The molecule has 0 aliphatic heterocycles. The van der Waals surface area contributed by atoms with Crippen LogP contribution in [0.15, 0.2) is 10.6 Å². The fourth-order valence-corrected chi connectivity index (χ4v) is 0.497. The molecule has 0 aromatic carbocycles. The van der Waals surface area contributed by atoms with Gasteiger partial charge in [-0.3, -0.25) is 4.79 Å². The minimum absolute atomic E-state index is 0.0379. The lowest BCUT2D eigenvalue weighted by Crippen LogP contribution is -2.09. The van der Waals surface area contributed by atoms with Crippen LogP contribution < -0.4 is 5.73 Å². The Bertz CT molecular complexity index is 243. The van der Waals surface area contributed by atoms with Crippen molar-refractivity contribution in [3.05, 3.63) is 17.8 Å². The van der Waals surface area contributed by atoms with Gasteiger partial charge in [0.2, 0.25) is 11.7 Å². The Hall–Kier alpha value is -1.36. The van der Waals surface area contributed by atoms with Crippen LogP contribution in [0.1, 0.15) is 16.4 Å². The molecule has 10 heavy (non-hydrogen) atoms. The number of hydrogen-bond acceptors (Lipinski definition) is 4. The van der Waals surface area contributed by atoms with E-state index in [0.29, 0.717) is 0 Å². The summed E-state index contributed by atoms with van der Waals surface area (Å²) < 4.78 is 4.66. The van der Waals surface area contributed by atoms with Crippen LogP contribution in [-0.4, -0.2) is 16.0 Å². The van der Waals surface area contributed by atoms with Gasteiger partial charge in [0.25, 0.3) is 5.91 Å². The van der Waals surface area contributed by atoms with Crippen LogP contribution in [0.3, 0.4) is 0 Å². The number of nitrogens with zero attached hydrogens (tertiary/aromatic N) is 1. The number of aliphatic hydroxyl groups excluding tert-OH is 1. The Morgan fingerprint density at radius 1 is 1.90 bits per heavy atom. The lowest BCUT2D eigenvalue weighted by molar-refractivity contribution is 0.0969. The van der Waals surface area contributed by atoms with E-state index in [1.807, 2.05) is 0 Å². The molecule has 1 rings (SSSR count). The van der Waals surface area contributed by atoms with Gasteiger partial charge in [0, 0.05) is 0 Å². The molecule has 0 fully saturated rings. The van der Waals surface area contributed by atoms with E-state index in [9.17, 15) is 4.79 Å². The van der Waals surface area contributed by atoms with Crippen LogP contribution in [-0.2, 0) is 6.61 Å². The van der Waals surface area contributed by atoms with Crippen molar-refractivity contribution in [3.63, 3.8) is 0 Å². The Labute approximate surface area is 56.5 Å². The van der Waals surface area contributed by atoms with Gasteiger partial charge in [-0.2, -0.15) is 0 Å². The standard InChI is InChI=1S/C5H6N2O3/c6-5(9)3-1-7-4(2-8)10-3/h1,8H,2H2,(H2,6,9). The number of amides is 1. The van der Waals surface area contributed by atoms with Crippen LogP contribution in [0.2, 0.25) is 0 Å². The first-order valence-electron chi connectivity index (χ1n) is 2.59. The second kappa shape index (κ2) is 2.49. The third kappa shape index (κ3) is 1.14. The van der Waals surface area contributed by atoms with Crippen molar-refractivity contribution in [2.75, 3.05) is 0 Å². The highest BCUT2D eigenvalue weighted by Gasteiger charge is 2.06. The first kappa shape index (κ1) is 6.76. The SMILES string of the molecule is NC(=O)c1cnc(CO)o1. The Morgan fingerprint density at radius 2 is 2.60 bits per heavy atom. The van der Waals surface area contributed by atoms with Gasteiger partial charge >= 0.3 is 0 Å². The molecule has 5 nitrogen and oxygen atoms in total. The normalized spacial score (nSPS) is 9.70. The van der Waals surface area contributed by atoms with E-state index in [-0.39, 0.29) is 18.3 Å². The minimum Gasteiger partial charge on any atom is -0.433 e. The van der Waals surface area contributed by atoms with Crippen LogP contribution in [0.25, 0.3) is 0 Å². The van der Waals surface area contributed by atoms with Crippen LogP contribution in [0, 0.1) is 0 Å². The number of aromatic nitrogens is 1. The first-order chi connectivity index (χ1) is 4.74. The summed E-state index contributed by atoms with van der Waals surface area (Å²) in [6.45, 7) is -0.326. The summed E-state index contributed by atoms with van der Waals surface area (Å²) in [7, 11) is 0. The zero-order chi connectivity index (χ0) is 7.56. The fourth-order valence-electron chi connectivity index (χ4n) is 0.497. The molecule has 0 aliphatic carbocycles. The van der Waals surface area contributed by atoms with Crippen LogP contribution in [0.5, 0.6) is 0 Å². The van der Waals surface area contributed by atoms with Crippen molar-refractivity contribution < 1.29 is 14.3 Å². The Morgan fingerprint density at radius 3 is 2.90 bits per heavy atom. The summed E-state index contributed by atoms with van der Waals surface area (Å²) in [5, 5.41) is 8.42. The number of primary amides is 1. The maximum absolute atomic E-state index is 10.3. The molecular formula is C5H6N2O3. The van der Waals surface area contributed by atoms with Gasteiger partial charge in [-0.1, -0.05) is 0 Å². The highest BCUT2D eigenvalue weighted by atomic mass is 16.4. The molecule has 0 bridgehead atoms. The van der Waals surface area contributed by atoms with Crippen LogP contribution >= 0.6 is 0 Å².